The van der Waals surface area contributed by atoms with Crippen molar-refractivity contribution < 1.29 is 9.90 Å². The van der Waals surface area contributed by atoms with Gasteiger partial charge in [-0.25, -0.2) is 0 Å². The topological polar surface area (TPSA) is 40.5 Å². The van der Waals surface area contributed by atoms with Crippen LogP contribution in [0.25, 0.3) is 0 Å². The minimum atomic E-state index is -0.698. The quantitative estimate of drug-likeness (QED) is 0.897. The molecule has 20 heavy (non-hydrogen) atoms. The number of carbonyl (C=O) groups is 1. The Labute approximate surface area is 121 Å². The predicted octanol–water partition coefficient (Wildman–Crippen LogP) is 2.87. The Morgan fingerprint density at radius 2 is 1.90 bits per heavy atom. The zero-order chi connectivity index (χ0) is 14.8. The third kappa shape index (κ3) is 3.04. The van der Waals surface area contributed by atoms with Crippen LogP contribution >= 0.6 is 0 Å². The molecule has 1 amide bonds. The second-order valence-electron chi connectivity index (χ2n) is 6.22. The van der Waals surface area contributed by atoms with Gasteiger partial charge in [-0.05, 0) is 36.5 Å². The summed E-state index contributed by atoms with van der Waals surface area (Å²) in [5.41, 5.74) is 1.30. The van der Waals surface area contributed by atoms with E-state index in [0.29, 0.717) is 13.1 Å². The molecule has 1 N–H and O–H groups in total. The minimum Gasteiger partial charge on any atom is -0.386 e. The number of unbranched alkanes of at least 4 members (excludes halogenated alkanes) is 1. The third-order valence-electron chi connectivity index (χ3n) is 4.31. The number of hydrogen-bond acceptors (Lipinski definition) is 2. The molecule has 0 unspecified atom stereocenters. The average Bonchev–Trinajstić information content (AvgIpc) is 2.41. The molecule has 1 fully saturated rings. The number of aryl methyl sites for hydroxylation is 1. The number of aliphatic hydroxyl groups is 1. The summed E-state index contributed by atoms with van der Waals surface area (Å²) in [5.74, 6) is 0.209. The number of rotatable bonds is 5. The molecule has 3 nitrogen and oxygen atoms in total. The predicted molar refractivity (Wildman–Crippen MR) is 80.7 cm³/mol. The number of benzene rings is 1. The maximum absolute atomic E-state index is 12.3. The summed E-state index contributed by atoms with van der Waals surface area (Å²) in [6, 6.07) is 7.88. The van der Waals surface area contributed by atoms with E-state index in [1.165, 1.54) is 18.4 Å². The van der Waals surface area contributed by atoms with Gasteiger partial charge in [-0.1, -0.05) is 39.3 Å². The molecular formula is C17H25NO2. The average molecular weight is 275 g/mol. The smallest absolute Gasteiger partial charge is 0.254 e. The lowest BCUT2D eigenvalue weighted by atomic mass is 9.82. The number of nitrogens with zero attached hydrogens (tertiary/aromatic N) is 1. The molecule has 1 aromatic carbocycles. The summed E-state index contributed by atoms with van der Waals surface area (Å²) in [7, 11) is 0. The molecule has 0 saturated carbocycles. The van der Waals surface area contributed by atoms with Crippen molar-refractivity contribution in [3.63, 3.8) is 0 Å². The molecular weight excluding hydrogens is 250 g/mol. The van der Waals surface area contributed by atoms with Crippen molar-refractivity contribution in [1.82, 2.24) is 4.90 Å². The van der Waals surface area contributed by atoms with Gasteiger partial charge in [0, 0.05) is 5.56 Å². The van der Waals surface area contributed by atoms with E-state index in [9.17, 15) is 9.90 Å². The van der Waals surface area contributed by atoms with Crippen molar-refractivity contribution in [1.29, 1.82) is 0 Å². The first-order valence-corrected chi connectivity index (χ1v) is 7.57. The third-order valence-corrected chi connectivity index (χ3v) is 4.31. The van der Waals surface area contributed by atoms with Crippen molar-refractivity contribution in [3.05, 3.63) is 35.4 Å². The van der Waals surface area contributed by atoms with Gasteiger partial charge in [-0.15, -0.1) is 0 Å². The summed E-state index contributed by atoms with van der Waals surface area (Å²) in [5, 5.41) is 10.2. The largest absolute Gasteiger partial charge is 0.386 e. The van der Waals surface area contributed by atoms with Crippen molar-refractivity contribution in [2.75, 3.05) is 13.1 Å². The zero-order valence-corrected chi connectivity index (χ0v) is 12.7. The van der Waals surface area contributed by atoms with E-state index >= 15 is 0 Å². The molecule has 0 radical (unpaired) electrons. The maximum atomic E-state index is 12.3. The standard InChI is InChI=1S/C17H25NO2/c1-4-5-6-14-7-9-15(10-8-14)16(19)18-11-17(20,12-18)13(2)3/h7-10,13,20H,4-6,11-12H2,1-3H3. The lowest BCUT2D eigenvalue weighted by molar-refractivity contribution is -0.110. The van der Waals surface area contributed by atoms with Crippen molar-refractivity contribution in [2.45, 2.75) is 45.6 Å². The van der Waals surface area contributed by atoms with Crippen LogP contribution in [0, 0.1) is 5.92 Å². The van der Waals surface area contributed by atoms with Crippen molar-refractivity contribution >= 4 is 5.91 Å². The van der Waals surface area contributed by atoms with Gasteiger partial charge >= 0.3 is 0 Å². The molecule has 1 aromatic rings. The maximum Gasteiger partial charge on any atom is 0.254 e. The van der Waals surface area contributed by atoms with Crippen molar-refractivity contribution in [2.24, 2.45) is 5.92 Å². The van der Waals surface area contributed by atoms with Crippen molar-refractivity contribution in [3.8, 4) is 0 Å². The van der Waals surface area contributed by atoms with Gasteiger partial charge in [0.15, 0.2) is 0 Å². The Morgan fingerprint density at radius 3 is 2.40 bits per heavy atom. The number of β-amino-alcohol motifs (C(OH)–C–C–N with tert-alkyl or cyclic N) is 1. The molecule has 1 aliphatic heterocycles. The summed E-state index contributed by atoms with van der Waals surface area (Å²) in [6.07, 6.45) is 3.44. The SMILES string of the molecule is CCCCc1ccc(C(=O)N2CC(O)(C(C)C)C2)cc1. The van der Waals surface area contributed by atoms with Crippen LogP contribution in [0.2, 0.25) is 0 Å². The molecule has 1 saturated heterocycles. The van der Waals surface area contributed by atoms with Gasteiger partial charge in [0.25, 0.3) is 5.91 Å². The summed E-state index contributed by atoms with van der Waals surface area (Å²) in [6.45, 7) is 7.05. The van der Waals surface area contributed by atoms with Gasteiger partial charge in [0.2, 0.25) is 0 Å². The Morgan fingerprint density at radius 1 is 1.30 bits per heavy atom. The second-order valence-corrected chi connectivity index (χ2v) is 6.22. The van der Waals surface area contributed by atoms with Gasteiger partial charge in [-0.3, -0.25) is 4.79 Å². The molecule has 110 valence electrons. The van der Waals surface area contributed by atoms with E-state index in [1.54, 1.807) is 4.90 Å². The van der Waals surface area contributed by atoms with Crippen LogP contribution in [0.5, 0.6) is 0 Å². The lowest BCUT2D eigenvalue weighted by Crippen LogP contribution is -2.65. The number of amides is 1. The summed E-state index contributed by atoms with van der Waals surface area (Å²) < 4.78 is 0. The van der Waals surface area contributed by atoms with Crippen LogP contribution in [-0.2, 0) is 6.42 Å². The normalized spacial score (nSPS) is 17.1. The van der Waals surface area contributed by atoms with Crippen LogP contribution in [0.15, 0.2) is 24.3 Å². The Balaban J connectivity index is 1.94. The molecule has 3 heteroatoms. The van der Waals surface area contributed by atoms with Crippen LogP contribution < -0.4 is 0 Å². The van der Waals surface area contributed by atoms with Gasteiger partial charge < -0.3 is 10.0 Å². The van der Waals surface area contributed by atoms with Gasteiger partial charge in [-0.2, -0.15) is 0 Å². The molecule has 2 rings (SSSR count). The first kappa shape index (κ1) is 15.0. The highest BCUT2D eigenvalue weighted by molar-refractivity contribution is 5.95. The second kappa shape index (κ2) is 5.96. The van der Waals surface area contributed by atoms with Gasteiger partial charge in [0.1, 0.15) is 5.60 Å². The van der Waals surface area contributed by atoms with E-state index in [0.717, 1.165) is 12.0 Å². The summed E-state index contributed by atoms with van der Waals surface area (Å²) >= 11 is 0. The molecule has 0 aliphatic carbocycles. The van der Waals surface area contributed by atoms with E-state index < -0.39 is 5.60 Å². The first-order valence-electron chi connectivity index (χ1n) is 7.57. The van der Waals surface area contributed by atoms with E-state index in [-0.39, 0.29) is 11.8 Å². The summed E-state index contributed by atoms with van der Waals surface area (Å²) in [4.78, 5) is 14.0. The highest BCUT2D eigenvalue weighted by Gasteiger charge is 2.45. The van der Waals surface area contributed by atoms with Crippen LogP contribution in [0.4, 0.5) is 0 Å². The number of likely N-dealkylation sites (tertiary alicyclic amines) is 1. The van der Waals surface area contributed by atoms with Crippen LogP contribution in [0.1, 0.15) is 49.5 Å². The fourth-order valence-corrected chi connectivity index (χ4v) is 2.50. The Hall–Kier alpha value is -1.35. The molecule has 1 aliphatic rings. The molecule has 0 spiro atoms. The first-order chi connectivity index (χ1) is 9.46. The van der Waals surface area contributed by atoms with E-state index in [4.69, 9.17) is 0 Å². The highest BCUT2D eigenvalue weighted by Crippen LogP contribution is 2.29. The molecule has 0 aromatic heterocycles. The number of carbonyl (C=O) groups excluding carboxylic acids is 1. The van der Waals surface area contributed by atoms with Crippen LogP contribution in [-0.4, -0.2) is 34.6 Å². The molecule has 0 atom stereocenters. The highest BCUT2D eigenvalue weighted by atomic mass is 16.3. The van der Waals surface area contributed by atoms with Gasteiger partial charge in [0.05, 0.1) is 13.1 Å². The lowest BCUT2D eigenvalue weighted by Gasteiger charge is -2.49. The van der Waals surface area contributed by atoms with E-state index in [2.05, 4.69) is 6.92 Å². The monoisotopic (exact) mass is 275 g/mol. The fraction of sp³-hybridized carbons (Fsp3) is 0.588. The molecule has 0 bridgehead atoms. The van der Waals surface area contributed by atoms with E-state index in [1.807, 2.05) is 38.1 Å². The Bertz CT molecular complexity index is 458. The number of hydrogen-bond donors (Lipinski definition) is 1. The minimum absolute atomic E-state index is 0.0253. The fourth-order valence-electron chi connectivity index (χ4n) is 2.50. The van der Waals surface area contributed by atoms with Crippen LogP contribution in [0.3, 0.4) is 0 Å². The zero-order valence-electron chi connectivity index (χ0n) is 12.7. The Kier molecular flexibility index (Phi) is 4.48. The molecule has 1 heterocycles.